The fourth-order valence-corrected chi connectivity index (χ4v) is 9.89. The van der Waals surface area contributed by atoms with E-state index < -0.39 is 0 Å². The average molecular weight is 734 g/mol. The summed E-state index contributed by atoms with van der Waals surface area (Å²) in [7, 11) is 0. The molecule has 0 fully saturated rings. The zero-order chi connectivity index (χ0) is 37.5. The fourth-order valence-electron chi connectivity index (χ4n) is 9.89. The molecule has 3 unspecified atom stereocenters. The van der Waals surface area contributed by atoms with Gasteiger partial charge in [0.15, 0.2) is 0 Å². The Labute approximate surface area is 331 Å². The highest BCUT2D eigenvalue weighted by atomic mass is 16.3. The summed E-state index contributed by atoms with van der Waals surface area (Å²) < 4.78 is 8.74. The Morgan fingerprint density at radius 1 is 0.649 bits per heavy atom. The molecule has 0 saturated carbocycles. The molecule has 0 saturated heterocycles. The van der Waals surface area contributed by atoms with Gasteiger partial charge >= 0.3 is 0 Å². The van der Waals surface area contributed by atoms with E-state index in [0.717, 1.165) is 41.2 Å². The van der Waals surface area contributed by atoms with E-state index in [1.54, 1.807) is 0 Å². The zero-order valence-electron chi connectivity index (χ0n) is 31.4. The molecule has 12 rings (SSSR count). The molecule has 4 heteroatoms. The summed E-state index contributed by atoms with van der Waals surface area (Å²) in [6.07, 6.45) is 21.2. The van der Waals surface area contributed by atoms with Crippen LogP contribution in [0.3, 0.4) is 0 Å². The van der Waals surface area contributed by atoms with Crippen molar-refractivity contribution in [1.29, 1.82) is 0 Å². The lowest BCUT2D eigenvalue weighted by Crippen LogP contribution is -2.28. The van der Waals surface area contributed by atoms with E-state index in [-0.39, 0.29) is 12.0 Å². The third kappa shape index (κ3) is 5.17. The van der Waals surface area contributed by atoms with Gasteiger partial charge in [0.25, 0.3) is 0 Å². The lowest BCUT2D eigenvalue weighted by molar-refractivity contribution is 0.669. The zero-order valence-corrected chi connectivity index (χ0v) is 31.4. The van der Waals surface area contributed by atoms with Gasteiger partial charge in [0, 0.05) is 68.7 Å². The number of hydrogen-bond donors (Lipinski definition) is 0. The number of furan rings is 1. The van der Waals surface area contributed by atoms with Crippen LogP contribution in [-0.4, -0.2) is 16.8 Å². The molecule has 2 aliphatic carbocycles. The van der Waals surface area contributed by atoms with Crippen LogP contribution < -0.4 is 4.90 Å². The van der Waals surface area contributed by atoms with Gasteiger partial charge in [0.1, 0.15) is 11.2 Å². The highest BCUT2D eigenvalue weighted by Crippen LogP contribution is 2.50. The van der Waals surface area contributed by atoms with Crippen molar-refractivity contribution in [3.8, 4) is 16.8 Å². The maximum Gasteiger partial charge on any atom is 0.135 e. The van der Waals surface area contributed by atoms with Crippen LogP contribution >= 0.6 is 0 Å². The van der Waals surface area contributed by atoms with Crippen LogP contribution in [-0.2, 0) is 6.42 Å². The molecule has 4 nitrogen and oxygen atoms in total. The molecule has 4 heterocycles. The summed E-state index contributed by atoms with van der Waals surface area (Å²) in [4.78, 5) is 6.90. The van der Waals surface area contributed by atoms with E-state index >= 15 is 0 Å². The second kappa shape index (κ2) is 12.8. The van der Waals surface area contributed by atoms with E-state index in [4.69, 9.17) is 4.42 Å². The van der Waals surface area contributed by atoms with Crippen molar-refractivity contribution >= 4 is 62.1 Å². The largest absolute Gasteiger partial charge is 0.456 e. The van der Waals surface area contributed by atoms with E-state index in [1.807, 2.05) is 18.5 Å². The van der Waals surface area contributed by atoms with Gasteiger partial charge in [-0.2, -0.15) is 0 Å². The number of aromatic nitrogens is 1. The van der Waals surface area contributed by atoms with E-state index in [1.165, 1.54) is 72.6 Å². The molecule has 0 spiro atoms. The first kappa shape index (κ1) is 32.3. The summed E-state index contributed by atoms with van der Waals surface area (Å²) in [6.45, 7) is 0. The number of nitrogens with zero attached hydrogens (tertiary/aromatic N) is 3. The van der Waals surface area contributed by atoms with Crippen LogP contribution in [0.2, 0.25) is 0 Å². The predicted octanol–water partition coefficient (Wildman–Crippen LogP) is 13.5. The monoisotopic (exact) mass is 733 g/mol. The lowest BCUT2D eigenvalue weighted by atomic mass is 9.86. The van der Waals surface area contributed by atoms with Crippen LogP contribution in [0, 0.1) is 0 Å². The van der Waals surface area contributed by atoms with Crippen molar-refractivity contribution in [2.24, 2.45) is 4.99 Å². The standard InChI is InChI=1S/C53H39N3O/c1-2-10-34(11-3-1)38-28-39(35-24-26-54-27-25-35)30-41(29-38)56-49-16-8-5-13-43(49)46-32-37(19-22-51(46)56)36-18-21-50-45(31-36)42-12-4-7-15-48(42)55(50)40-20-23-53-47(33-40)44-14-6-9-17-52(44)57-53/h1-7,9-15,17-24,26-33,35,45,50H,8,16,25H2. The first-order valence-electron chi connectivity index (χ1n) is 20.2. The molecule has 3 atom stereocenters. The number of fused-ring (bicyclic) bond motifs is 9. The Kier molecular flexibility index (Phi) is 7.28. The maximum absolute atomic E-state index is 6.20. The van der Waals surface area contributed by atoms with Gasteiger partial charge in [-0.25, -0.2) is 0 Å². The van der Waals surface area contributed by atoms with E-state index in [9.17, 15) is 0 Å². The highest BCUT2D eigenvalue weighted by molar-refractivity contribution is 6.06. The molecule has 0 amide bonds. The van der Waals surface area contributed by atoms with Gasteiger partial charge in [-0.1, -0.05) is 115 Å². The van der Waals surface area contributed by atoms with Crippen molar-refractivity contribution in [2.75, 3.05) is 4.90 Å². The number of hydrogen-bond acceptors (Lipinski definition) is 3. The van der Waals surface area contributed by atoms with Gasteiger partial charge in [-0.15, -0.1) is 0 Å². The molecule has 2 aromatic heterocycles. The van der Waals surface area contributed by atoms with Crippen molar-refractivity contribution in [1.82, 2.24) is 4.57 Å². The van der Waals surface area contributed by atoms with Crippen molar-refractivity contribution in [3.63, 3.8) is 0 Å². The lowest BCUT2D eigenvalue weighted by Gasteiger charge is -2.30. The smallest absolute Gasteiger partial charge is 0.135 e. The van der Waals surface area contributed by atoms with Gasteiger partial charge in [-0.3, -0.25) is 4.99 Å². The van der Waals surface area contributed by atoms with Crippen molar-refractivity contribution < 1.29 is 4.42 Å². The van der Waals surface area contributed by atoms with Gasteiger partial charge in [0.2, 0.25) is 0 Å². The molecule has 0 radical (unpaired) electrons. The van der Waals surface area contributed by atoms with Gasteiger partial charge in [-0.05, 0) is 107 Å². The molecule has 6 aromatic carbocycles. The first-order chi connectivity index (χ1) is 28.2. The number of aliphatic imine (C=N–C) groups is 1. The van der Waals surface area contributed by atoms with Crippen LogP contribution in [0.4, 0.5) is 11.4 Å². The molecule has 0 bridgehead atoms. The summed E-state index contributed by atoms with van der Waals surface area (Å²) >= 11 is 0. The summed E-state index contributed by atoms with van der Waals surface area (Å²) in [5, 5.41) is 3.61. The molecule has 0 N–H and O–H groups in total. The molecule has 4 aliphatic rings. The minimum absolute atomic E-state index is 0.179. The number of anilines is 2. The molecule has 272 valence electrons. The highest BCUT2D eigenvalue weighted by Gasteiger charge is 2.38. The quantitative estimate of drug-likeness (QED) is 0.176. The Morgan fingerprint density at radius 2 is 1.53 bits per heavy atom. The Bertz CT molecular complexity index is 3080. The topological polar surface area (TPSA) is 33.7 Å². The third-order valence-corrected chi connectivity index (χ3v) is 12.6. The van der Waals surface area contributed by atoms with Crippen molar-refractivity contribution in [3.05, 3.63) is 198 Å². The minimum atomic E-state index is 0.179. The molecule has 8 aromatic rings. The Morgan fingerprint density at radius 3 is 2.46 bits per heavy atom. The van der Waals surface area contributed by atoms with Crippen LogP contribution in [0.5, 0.6) is 0 Å². The van der Waals surface area contributed by atoms with Gasteiger partial charge in [0.05, 0.1) is 11.6 Å². The number of benzene rings is 6. The van der Waals surface area contributed by atoms with Crippen molar-refractivity contribution in [2.45, 2.75) is 37.1 Å². The molecular weight excluding hydrogens is 695 g/mol. The predicted molar refractivity (Wildman–Crippen MR) is 237 cm³/mol. The summed E-state index contributed by atoms with van der Waals surface area (Å²) in [6, 6.07) is 49.2. The van der Waals surface area contributed by atoms with Crippen LogP contribution in [0.15, 0.2) is 179 Å². The average Bonchev–Trinajstić information content (AvgIpc) is 3.94. The van der Waals surface area contributed by atoms with Crippen LogP contribution in [0.25, 0.3) is 61.3 Å². The van der Waals surface area contributed by atoms with Gasteiger partial charge < -0.3 is 13.9 Å². The third-order valence-electron chi connectivity index (χ3n) is 12.6. The SMILES string of the molecule is C1=Cc2c(n(-c3cc(-c4ccccc4)cc(C4C=CN=CC4)c3)c3ccc(C4=CC5c6ccccc6N(c6ccc7oc8ccccc8c7c6)C5C=C4)cc23)CC1. The number of para-hydroxylation sites is 2. The van der Waals surface area contributed by atoms with Crippen LogP contribution in [0.1, 0.15) is 52.6 Å². The first-order valence-corrected chi connectivity index (χ1v) is 20.2. The molecule has 2 aliphatic heterocycles. The minimum Gasteiger partial charge on any atom is -0.456 e. The Hall–Kier alpha value is -6.91. The number of rotatable bonds is 5. The normalized spacial score (nSPS) is 19.3. The molecule has 57 heavy (non-hydrogen) atoms. The van der Waals surface area contributed by atoms with E-state index in [0.29, 0.717) is 5.92 Å². The maximum atomic E-state index is 6.20. The summed E-state index contributed by atoms with van der Waals surface area (Å²) in [5.41, 5.74) is 17.2. The molecular formula is C53H39N3O. The second-order valence-corrected chi connectivity index (χ2v) is 15.8. The number of allylic oxidation sites excluding steroid dienone is 4. The summed E-state index contributed by atoms with van der Waals surface area (Å²) in [5.74, 6) is 0.526. The Balaban J connectivity index is 0.955. The second-order valence-electron chi connectivity index (χ2n) is 15.8. The fraction of sp³-hybridized carbons (Fsp3) is 0.113. The van der Waals surface area contributed by atoms with E-state index in [2.05, 4.69) is 178 Å².